The van der Waals surface area contributed by atoms with E-state index in [2.05, 4.69) is 4.37 Å². The number of carboxylic acid groups (broad SMARTS) is 2. The van der Waals surface area contributed by atoms with E-state index in [9.17, 15) is 27.9 Å². The standard InChI is InChI=1S/C14H20N2O5S.C2HF3O2/c1-20-9-14(13(18)19)4-3-5-16(8-14)7-10-6-15-22-11(10)12(17)21-2;3-2(4,5)1(6)7/h6H,3-5,7-9H2,1-2H3,(H,18,19);(H,6,7). The first-order valence-corrected chi connectivity index (χ1v) is 9.01. The SMILES string of the molecule is COCC1(C(=O)O)CCCN(Cc2cnsc2C(=O)OC)C1.O=C(O)C(F)(F)F. The minimum absolute atomic E-state index is 0.185. The first-order valence-electron chi connectivity index (χ1n) is 8.23. The fourth-order valence-electron chi connectivity index (χ4n) is 2.87. The third-order valence-corrected chi connectivity index (χ3v) is 5.00. The minimum atomic E-state index is -5.08. The summed E-state index contributed by atoms with van der Waals surface area (Å²) in [4.78, 5) is 34.7. The van der Waals surface area contributed by atoms with Crippen LogP contribution in [-0.2, 0) is 25.6 Å². The van der Waals surface area contributed by atoms with E-state index in [0.717, 1.165) is 30.1 Å². The lowest BCUT2D eigenvalue weighted by atomic mass is 9.80. The van der Waals surface area contributed by atoms with Crippen LogP contribution in [0.25, 0.3) is 0 Å². The van der Waals surface area contributed by atoms with Crippen molar-refractivity contribution >= 4 is 29.4 Å². The second-order valence-corrected chi connectivity index (χ2v) is 7.11. The lowest BCUT2D eigenvalue weighted by Gasteiger charge is -2.39. The summed E-state index contributed by atoms with van der Waals surface area (Å²) in [5.41, 5.74) is -0.113. The van der Waals surface area contributed by atoms with Gasteiger partial charge in [0.05, 0.1) is 13.7 Å². The molecule has 1 unspecified atom stereocenters. The van der Waals surface area contributed by atoms with Crippen LogP contribution in [-0.4, -0.2) is 77.5 Å². The van der Waals surface area contributed by atoms with Gasteiger partial charge < -0.3 is 19.7 Å². The molecule has 0 aromatic carbocycles. The van der Waals surface area contributed by atoms with Gasteiger partial charge in [-0.05, 0) is 30.9 Å². The number of hydrogen-bond acceptors (Lipinski definition) is 8. The summed E-state index contributed by atoms with van der Waals surface area (Å²) < 4.78 is 45.6. The van der Waals surface area contributed by atoms with Gasteiger partial charge in [0.15, 0.2) is 0 Å². The quantitative estimate of drug-likeness (QED) is 0.635. The molecule has 0 saturated carbocycles. The van der Waals surface area contributed by atoms with Gasteiger partial charge in [0, 0.05) is 32.0 Å². The van der Waals surface area contributed by atoms with Crippen molar-refractivity contribution in [1.29, 1.82) is 0 Å². The van der Waals surface area contributed by atoms with Gasteiger partial charge in [-0.3, -0.25) is 9.69 Å². The van der Waals surface area contributed by atoms with Gasteiger partial charge in [0.25, 0.3) is 0 Å². The molecule has 164 valence electrons. The van der Waals surface area contributed by atoms with Gasteiger partial charge in [0.1, 0.15) is 10.3 Å². The number of rotatable bonds is 6. The van der Waals surface area contributed by atoms with E-state index in [0.29, 0.717) is 24.4 Å². The lowest BCUT2D eigenvalue weighted by molar-refractivity contribution is -0.192. The topological polar surface area (TPSA) is 126 Å². The van der Waals surface area contributed by atoms with E-state index in [4.69, 9.17) is 19.4 Å². The Morgan fingerprint density at radius 2 is 1.93 bits per heavy atom. The van der Waals surface area contributed by atoms with Gasteiger partial charge in [-0.25, -0.2) is 9.59 Å². The fraction of sp³-hybridized carbons (Fsp3) is 0.625. The number of carbonyl (C=O) groups excluding carboxylic acids is 1. The summed E-state index contributed by atoms with van der Waals surface area (Å²) in [6.45, 7) is 1.85. The molecule has 1 aromatic rings. The molecule has 13 heteroatoms. The van der Waals surface area contributed by atoms with E-state index >= 15 is 0 Å². The number of aliphatic carboxylic acids is 2. The second-order valence-electron chi connectivity index (χ2n) is 6.31. The van der Waals surface area contributed by atoms with Crippen molar-refractivity contribution in [2.24, 2.45) is 5.41 Å². The number of piperidine rings is 1. The summed E-state index contributed by atoms with van der Waals surface area (Å²) in [5, 5.41) is 16.7. The maximum Gasteiger partial charge on any atom is 0.490 e. The van der Waals surface area contributed by atoms with E-state index in [-0.39, 0.29) is 6.61 Å². The summed E-state index contributed by atoms with van der Waals surface area (Å²) in [7, 11) is 2.85. The highest BCUT2D eigenvalue weighted by Crippen LogP contribution is 2.32. The van der Waals surface area contributed by atoms with Gasteiger partial charge in [-0.15, -0.1) is 0 Å². The number of aromatic nitrogens is 1. The van der Waals surface area contributed by atoms with Gasteiger partial charge >= 0.3 is 24.1 Å². The Labute approximate surface area is 168 Å². The molecule has 2 heterocycles. The average Bonchev–Trinajstić information content (AvgIpc) is 3.09. The molecule has 1 aliphatic heterocycles. The molecule has 1 aliphatic rings. The van der Waals surface area contributed by atoms with Crippen molar-refractivity contribution < 1.29 is 47.2 Å². The molecule has 0 bridgehead atoms. The highest BCUT2D eigenvalue weighted by molar-refractivity contribution is 7.08. The first-order chi connectivity index (χ1) is 13.5. The zero-order valence-corrected chi connectivity index (χ0v) is 16.5. The number of carboxylic acids is 2. The van der Waals surface area contributed by atoms with Crippen molar-refractivity contribution in [2.45, 2.75) is 25.6 Å². The number of hydrogen-bond donors (Lipinski definition) is 2. The van der Waals surface area contributed by atoms with Crippen LogP contribution in [0.2, 0.25) is 0 Å². The summed E-state index contributed by atoms with van der Waals surface area (Å²) in [6, 6.07) is 0. The largest absolute Gasteiger partial charge is 0.490 e. The van der Waals surface area contributed by atoms with Gasteiger partial charge in [-0.2, -0.15) is 17.5 Å². The normalized spacial score (nSPS) is 19.8. The van der Waals surface area contributed by atoms with Gasteiger partial charge in [0.2, 0.25) is 0 Å². The molecule has 1 saturated heterocycles. The molecular weight excluding hydrogens is 421 g/mol. The van der Waals surface area contributed by atoms with E-state index in [1.54, 1.807) is 6.20 Å². The van der Waals surface area contributed by atoms with Crippen LogP contribution in [0, 0.1) is 5.41 Å². The maximum absolute atomic E-state index is 11.7. The van der Waals surface area contributed by atoms with Crippen molar-refractivity contribution in [1.82, 2.24) is 9.27 Å². The molecule has 0 aliphatic carbocycles. The second kappa shape index (κ2) is 10.5. The summed E-state index contributed by atoms with van der Waals surface area (Å²) in [6.07, 6.45) is -2.07. The third kappa shape index (κ3) is 6.94. The maximum atomic E-state index is 11.7. The molecule has 1 aromatic heterocycles. The number of nitrogens with zero attached hydrogens (tertiary/aromatic N) is 2. The van der Waals surface area contributed by atoms with Crippen LogP contribution in [0.5, 0.6) is 0 Å². The highest BCUT2D eigenvalue weighted by Gasteiger charge is 2.42. The van der Waals surface area contributed by atoms with Crippen LogP contribution in [0.15, 0.2) is 6.20 Å². The Hall–Kier alpha value is -2.25. The van der Waals surface area contributed by atoms with Crippen LogP contribution in [0.3, 0.4) is 0 Å². The molecule has 0 amide bonds. The van der Waals surface area contributed by atoms with E-state index < -0.39 is 29.5 Å². The average molecular weight is 442 g/mol. The van der Waals surface area contributed by atoms with Crippen molar-refractivity contribution in [3.05, 3.63) is 16.6 Å². The Kier molecular flexibility index (Phi) is 8.98. The van der Waals surface area contributed by atoms with Crippen LogP contribution in [0.1, 0.15) is 28.1 Å². The Balaban J connectivity index is 0.000000516. The molecule has 9 nitrogen and oxygen atoms in total. The zero-order chi connectivity index (χ0) is 22.2. The monoisotopic (exact) mass is 442 g/mol. The molecule has 1 atom stereocenters. The minimum Gasteiger partial charge on any atom is -0.481 e. The van der Waals surface area contributed by atoms with E-state index in [1.165, 1.54) is 14.2 Å². The molecule has 0 spiro atoms. The Morgan fingerprint density at radius 3 is 2.41 bits per heavy atom. The number of alkyl halides is 3. The highest BCUT2D eigenvalue weighted by atomic mass is 32.1. The third-order valence-electron chi connectivity index (χ3n) is 4.18. The molecule has 2 N–H and O–H groups in total. The van der Waals surface area contributed by atoms with Crippen LogP contribution >= 0.6 is 11.5 Å². The molecule has 1 fully saturated rings. The van der Waals surface area contributed by atoms with Gasteiger partial charge in [-0.1, -0.05) is 0 Å². The first kappa shape index (κ1) is 24.8. The number of halogens is 3. The Morgan fingerprint density at radius 1 is 1.31 bits per heavy atom. The summed E-state index contributed by atoms with van der Waals surface area (Å²) >= 11 is 1.10. The summed E-state index contributed by atoms with van der Waals surface area (Å²) in [5.74, 6) is -4.00. The van der Waals surface area contributed by atoms with Crippen molar-refractivity contribution in [3.63, 3.8) is 0 Å². The number of esters is 1. The van der Waals surface area contributed by atoms with Crippen molar-refractivity contribution in [3.8, 4) is 0 Å². The predicted octanol–water partition coefficient (Wildman–Crippen LogP) is 1.88. The fourth-order valence-corrected chi connectivity index (χ4v) is 3.54. The van der Waals surface area contributed by atoms with Crippen LogP contribution in [0.4, 0.5) is 13.2 Å². The molecule has 0 radical (unpaired) electrons. The molecular formula is C16H21F3N2O7S. The number of methoxy groups -OCH3 is 2. The number of likely N-dealkylation sites (tertiary alicyclic amines) is 1. The number of ether oxygens (including phenoxy) is 2. The predicted molar refractivity (Wildman–Crippen MR) is 93.6 cm³/mol. The molecule has 29 heavy (non-hydrogen) atoms. The number of carbonyl (C=O) groups is 3. The lowest BCUT2D eigenvalue weighted by Crippen LogP contribution is -2.50. The zero-order valence-electron chi connectivity index (χ0n) is 15.7. The smallest absolute Gasteiger partial charge is 0.481 e. The molecule has 2 rings (SSSR count). The van der Waals surface area contributed by atoms with Crippen molar-refractivity contribution in [2.75, 3.05) is 33.9 Å². The van der Waals surface area contributed by atoms with Crippen LogP contribution < -0.4 is 0 Å². The Bertz CT molecular complexity index is 722. The van der Waals surface area contributed by atoms with E-state index in [1.807, 2.05) is 4.90 Å².